The summed E-state index contributed by atoms with van der Waals surface area (Å²) >= 11 is 11.6. The van der Waals surface area contributed by atoms with E-state index in [-0.39, 0.29) is 12.0 Å². The largest absolute Gasteiger partial charge is 0.393 e. The van der Waals surface area contributed by atoms with Crippen LogP contribution in [0.1, 0.15) is 18.4 Å². The van der Waals surface area contributed by atoms with E-state index in [1.165, 1.54) is 0 Å². The van der Waals surface area contributed by atoms with Crippen LogP contribution >= 0.6 is 39.3 Å². The lowest BCUT2D eigenvalue weighted by Crippen LogP contribution is -2.40. The molecule has 0 radical (unpaired) electrons. The van der Waals surface area contributed by atoms with Gasteiger partial charge in [-0.3, -0.25) is 4.79 Å². The number of piperidine rings is 1. The maximum absolute atomic E-state index is 12.6. The van der Waals surface area contributed by atoms with Gasteiger partial charge in [0, 0.05) is 32.9 Å². The Hall–Kier alpha value is -1.27. The van der Waals surface area contributed by atoms with E-state index in [0.717, 1.165) is 19.8 Å². The van der Waals surface area contributed by atoms with Crippen molar-refractivity contribution in [2.24, 2.45) is 0 Å². The molecule has 0 unspecified atom stereocenters. The molecule has 0 spiro atoms. The number of rotatable bonds is 4. The Morgan fingerprint density at radius 2 is 1.88 bits per heavy atom. The lowest BCUT2D eigenvalue weighted by Gasteiger charge is -2.30. The molecular formula is C20H19BrClNO2S. The lowest BCUT2D eigenvalue weighted by molar-refractivity contribution is -0.126. The van der Waals surface area contributed by atoms with Crippen molar-refractivity contribution in [1.29, 1.82) is 0 Å². The van der Waals surface area contributed by atoms with Gasteiger partial charge in [0.25, 0.3) is 5.91 Å². The second-order valence-electron chi connectivity index (χ2n) is 6.18. The number of benzene rings is 2. The molecule has 0 aromatic heterocycles. The summed E-state index contributed by atoms with van der Waals surface area (Å²) in [4.78, 5) is 16.4. The van der Waals surface area contributed by atoms with Crippen LogP contribution in [-0.2, 0) is 4.79 Å². The van der Waals surface area contributed by atoms with Crippen molar-refractivity contribution in [3.63, 3.8) is 0 Å². The van der Waals surface area contributed by atoms with Crippen LogP contribution in [0.3, 0.4) is 0 Å². The molecule has 1 fully saturated rings. The van der Waals surface area contributed by atoms with Crippen molar-refractivity contribution in [2.45, 2.75) is 28.7 Å². The third kappa shape index (κ3) is 4.52. The fraction of sp³-hybridized carbons (Fsp3) is 0.250. The molecule has 1 aliphatic rings. The molecule has 6 heteroatoms. The second-order valence-corrected chi connectivity index (χ2v) is 8.52. The predicted molar refractivity (Wildman–Crippen MR) is 111 cm³/mol. The fourth-order valence-corrected chi connectivity index (χ4v) is 4.47. The van der Waals surface area contributed by atoms with Crippen LogP contribution < -0.4 is 0 Å². The summed E-state index contributed by atoms with van der Waals surface area (Å²) in [7, 11) is 0. The number of hydrogen-bond donors (Lipinski definition) is 1. The average molecular weight is 453 g/mol. The summed E-state index contributed by atoms with van der Waals surface area (Å²) in [6.45, 7) is 5.08. The minimum Gasteiger partial charge on any atom is -0.393 e. The third-order valence-electron chi connectivity index (χ3n) is 4.35. The van der Waals surface area contributed by atoms with E-state index in [2.05, 4.69) is 22.5 Å². The van der Waals surface area contributed by atoms with Crippen LogP contribution in [0.2, 0.25) is 5.02 Å². The number of carbonyl (C=O) groups excluding carboxylic acids is 1. The minimum atomic E-state index is -0.310. The van der Waals surface area contributed by atoms with Crippen molar-refractivity contribution in [3.8, 4) is 0 Å². The summed E-state index contributed by atoms with van der Waals surface area (Å²) in [6, 6.07) is 13.5. The number of aliphatic hydroxyl groups is 1. The Morgan fingerprint density at radius 3 is 2.54 bits per heavy atom. The van der Waals surface area contributed by atoms with Gasteiger partial charge in [-0.15, -0.1) is 0 Å². The Morgan fingerprint density at radius 1 is 1.19 bits per heavy atom. The van der Waals surface area contributed by atoms with Gasteiger partial charge in [-0.1, -0.05) is 48.1 Å². The molecular weight excluding hydrogens is 434 g/mol. The normalized spacial score (nSPS) is 15.1. The van der Waals surface area contributed by atoms with Crippen molar-refractivity contribution in [3.05, 3.63) is 64.1 Å². The van der Waals surface area contributed by atoms with E-state index in [0.29, 0.717) is 36.5 Å². The molecule has 1 aliphatic heterocycles. The van der Waals surface area contributed by atoms with Gasteiger partial charge in [0.05, 0.1) is 11.1 Å². The zero-order valence-electron chi connectivity index (χ0n) is 14.1. The fourth-order valence-electron chi connectivity index (χ4n) is 2.80. The molecule has 136 valence electrons. The predicted octanol–water partition coefficient (Wildman–Crippen LogP) is 5.25. The molecule has 0 atom stereocenters. The highest BCUT2D eigenvalue weighted by atomic mass is 79.9. The first kappa shape index (κ1) is 19.5. The molecule has 2 aromatic rings. The Kier molecular flexibility index (Phi) is 6.46. The molecule has 0 bridgehead atoms. The van der Waals surface area contributed by atoms with Crippen molar-refractivity contribution in [1.82, 2.24) is 4.90 Å². The topological polar surface area (TPSA) is 40.5 Å². The van der Waals surface area contributed by atoms with Gasteiger partial charge in [-0.25, -0.2) is 0 Å². The van der Waals surface area contributed by atoms with Gasteiger partial charge in [0.1, 0.15) is 0 Å². The third-order valence-corrected chi connectivity index (χ3v) is 6.88. The van der Waals surface area contributed by atoms with Gasteiger partial charge in [0.2, 0.25) is 0 Å². The van der Waals surface area contributed by atoms with Crippen molar-refractivity contribution in [2.75, 3.05) is 13.1 Å². The van der Waals surface area contributed by atoms with Crippen LogP contribution in [0.25, 0.3) is 5.57 Å². The van der Waals surface area contributed by atoms with Gasteiger partial charge in [-0.2, -0.15) is 0 Å². The number of carbonyl (C=O) groups is 1. The maximum Gasteiger partial charge on any atom is 0.253 e. The molecule has 1 saturated heterocycles. The van der Waals surface area contributed by atoms with E-state index in [9.17, 15) is 9.90 Å². The first-order valence-electron chi connectivity index (χ1n) is 8.34. The molecule has 3 nitrogen and oxygen atoms in total. The first-order valence-corrected chi connectivity index (χ1v) is 10.3. The molecule has 1 amide bonds. The Labute approximate surface area is 171 Å². The number of amides is 1. The monoisotopic (exact) mass is 451 g/mol. The SMILES string of the molecule is C=C(C(=O)N1CCC(O)CC1)c1ccc(Sc2ccccc2Br)c(Cl)c1. The average Bonchev–Trinajstić information content (AvgIpc) is 2.64. The van der Waals surface area contributed by atoms with E-state index in [1.54, 1.807) is 22.7 Å². The van der Waals surface area contributed by atoms with Crippen LogP contribution in [0.5, 0.6) is 0 Å². The number of nitrogens with zero attached hydrogens (tertiary/aromatic N) is 1. The quantitative estimate of drug-likeness (QED) is 0.644. The maximum atomic E-state index is 12.6. The van der Waals surface area contributed by atoms with Crippen LogP contribution in [0.15, 0.2) is 63.3 Å². The van der Waals surface area contributed by atoms with Gasteiger partial charge in [0.15, 0.2) is 0 Å². The summed E-state index contributed by atoms with van der Waals surface area (Å²) < 4.78 is 1.01. The smallest absolute Gasteiger partial charge is 0.253 e. The van der Waals surface area contributed by atoms with Gasteiger partial charge < -0.3 is 10.0 Å². The number of aliphatic hydroxyl groups excluding tert-OH is 1. The molecule has 26 heavy (non-hydrogen) atoms. The van der Waals surface area contributed by atoms with Crippen molar-refractivity contribution < 1.29 is 9.90 Å². The molecule has 2 aromatic carbocycles. The van der Waals surface area contributed by atoms with E-state index in [4.69, 9.17) is 11.6 Å². The second kappa shape index (κ2) is 8.61. The summed E-state index contributed by atoms with van der Waals surface area (Å²) in [6.07, 6.45) is 0.915. The van der Waals surface area contributed by atoms with Crippen molar-refractivity contribution >= 4 is 50.8 Å². The van der Waals surface area contributed by atoms with Crippen LogP contribution in [-0.4, -0.2) is 35.1 Å². The van der Waals surface area contributed by atoms with Gasteiger partial charge >= 0.3 is 0 Å². The first-order chi connectivity index (χ1) is 12.5. The minimum absolute atomic E-state index is 0.0980. The molecule has 0 aliphatic carbocycles. The molecule has 3 rings (SSSR count). The highest BCUT2D eigenvalue weighted by Crippen LogP contribution is 2.38. The zero-order valence-corrected chi connectivity index (χ0v) is 17.3. The van der Waals surface area contributed by atoms with E-state index < -0.39 is 0 Å². The van der Waals surface area contributed by atoms with Crippen LogP contribution in [0, 0.1) is 0 Å². The molecule has 0 saturated carbocycles. The summed E-state index contributed by atoms with van der Waals surface area (Å²) in [5.41, 5.74) is 1.16. The van der Waals surface area contributed by atoms with E-state index >= 15 is 0 Å². The van der Waals surface area contributed by atoms with Crippen LogP contribution in [0.4, 0.5) is 0 Å². The van der Waals surface area contributed by atoms with E-state index in [1.807, 2.05) is 36.4 Å². The lowest BCUT2D eigenvalue weighted by atomic mass is 10.0. The number of likely N-dealkylation sites (tertiary alicyclic amines) is 1. The van der Waals surface area contributed by atoms with Gasteiger partial charge in [-0.05, 0) is 58.6 Å². The summed E-state index contributed by atoms with van der Waals surface area (Å²) in [5.74, 6) is -0.0980. The Balaban J connectivity index is 1.73. The number of halogens is 2. The molecule has 1 heterocycles. The summed E-state index contributed by atoms with van der Waals surface area (Å²) in [5, 5.41) is 10.2. The Bertz CT molecular complexity index is 834. The highest BCUT2D eigenvalue weighted by molar-refractivity contribution is 9.10. The zero-order chi connectivity index (χ0) is 18.7. The molecule has 1 N–H and O–H groups in total. The highest BCUT2D eigenvalue weighted by Gasteiger charge is 2.23. The number of hydrogen-bond acceptors (Lipinski definition) is 3. The standard InChI is InChI=1S/C20H19BrClNO2S/c1-13(20(25)23-10-8-15(24)9-11-23)14-6-7-19(17(22)12-14)26-18-5-3-2-4-16(18)21/h2-7,12,15,24H,1,8-11H2.